The van der Waals surface area contributed by atoms with E-state index in [1.807, 2.05) is 34.6 Å². The number of carbonyl (C=O) groups excluding carboxylic acids is 1. The molecule has 1 saturated heterocycles. The lowest BCUT2D eigenvalue weighted by molar-refractivity contribution is 0.0515. The molecule has 0 unspecified atom stereocenters. The van der Waals surface area contributed by atoms with Crippen LogP contribution in [0.4, 0.5) is 20.7 Å². The van der Waals surface area contributed by atoms with Crippen molar-refractivity contribution in [1.82, 2.24) is 14.9 Å². The molecule has 34 heavy (non-hydrogen) atoms. The zero-order chi connectivity index (χ0) is 24.7. The van der Waals surface area contributed by atoms with E-state index < -0.39 is 5.82 Å². The van der Waals surface area contributed by atoms with Crippen LogP contribution < -0.4 is 10.1 Å². The number of pyridine rings is 2. The molecule has 1 aliphatic heterocycles. The van der Waals surface area contributed by atoms with E-state index in [0.717, 1.165) is 5.56 Å². The van der Waals surface area contributed by atoms with Gasteiger partial charge in [0, 0.05) is 49.8 Å². The van der Waals surface area contributed by atoms with E-state index in [-0.39, 0.29) is 30.1 Å². The maximum absolute atomic E-state index is 14.7. The maximum atomic E-state index is 14.7. The van der Waals surface area contributed by atoms with Gasteiger partial charge in [-0.2, -0.15) is 0 Å². The number of nitrogens with zero attached hydrogens (tertiary/aromatic N) is 3. The first kappa shape index (κ1) is 25.7. The van der Waals surface area contributed by atoms with E-state index in [0.29, 0.717) is 56.2 Å². The summed E-state index contributed by atoms with van der Waals surface area (Å²) in [6.07, 6.45) is 4.74. The fraction of sp³-hybridized carbons (Fsp3) is 0.560. The van der Waals surface area contributed by atoms with Crippen LogP contribution in [0.3, 0.4) is 0 Å². The van der Waals surface area contributed by atoms with E-state index in [1.165, 1.54) is 12.3 Å². The molecule has 9 heteroatoms. The standard InChI is InChI=1S/C25H35FN4O4/c1-16(2)32-13-9-19-14-21(26)22(15-28-19)29-24-18(5)23(6-10-27-24)34-20-7-11-30(12-8-20)25(31)33-17(3)4/h6,10,14-17,20H,7-9,11-13H2,1-5H3,(H,27,29). The lowest BCUT2D eigenvalue weighted by Crippen LogP contribution is -2.42. The predicted octanol–water partition coefficient (Wildman–Crippen LogP) is 5.02. The zero-order valence-corrected chi connectivity index (χ0v) is 20.6. The number of nitrogens with one attached hydrogen (secondary N) is 1. The highest BCUT2D eigenvalue weighted by atomic mass is 19.1. The van der Waals surface area contributed by atoms with Crippen molar-refractivity contribution in [2.24, 2.45) is 0 Å². The van der Waals surface area contributed by atoms with Gasteiger partial charge >= 0.3 is 6.09 Å². The van der Waals surface area contributed by atoms with Crippen molar-refractivity contribution in [1.29, 1.82) is 0 Å². The number of piperidine rings is 1. The Morgan fingerprint density at radius 1 is 1.21 bits per heavy atom. The third-order valence-electron chi connectivity index (χ3n) is 5.46. The molecule has 2 aromatic heterocycles. The molecule has 1 N–H and O–H groups in total. The topological polar surface area (TPSA) is 85.8 Å². The number of ether oxygens (including phenoxy) is 3. The number of rotatable bonds is 9. The molecule has 0 saturated carbocycles. The van der Waals surface area contributed by atoms with Gasteiger partial charge in [-0.15, -0.1) is 0 Å². The summed E-state index contributed by atoms with van der Waals surface area (Å²) < 4.78 is 31.6. The van der Waals surface area contributed by atoms with Crippen molar-refractivity contribution < 1.29 is 23.4 Å². The molecule has 186 valence electrons. The lowest BCUT2D eigenvalue weighted by atomic mass is 10.1. The van der Waals surface area contributed by atoms with Crippen LogP contribution in [-0.2, 0) is 15.9 Å². The lowest BCUT2D eigenvalue weighted by Gasteiger charge is -2.32. The van der Waals surface area contributed by atoms with Gasteiger partial charge in [-0.25, -0.2) is 14.2 Å². The summed E-state index contributed by atoms with van der Waals surface area (Å²) in [5.74, 6) is 0.784. The molecule has 2 aromatic rings. The largest absolute Gasteiger partial charge is 0.490 e. The third-order valence-corrected chi connectivity index (χ3v) is 5.46. The number of likely N-dealkylation sites (tertiary alicyclic amines) is 1. The van der Waals surface area contributed by atoms with Crippen LogP contribution in [0.2, 0.25) is 0 Å². The molecule has 0 radical (unpaired) electrons. The van der Waals surface area contributed by atoms with E-state index >= 15 is 0 Å². The Hall–Kier alpha value is -2.94. The second-order valence-corrected chi connectivity index (χ2v) is 8.97. The van der Waals surface area contributed by atoms with Crippen LogP contribution in [0, 0.1) is 12.7 Å². The minimum Gasteiger partial charge on any atom is -0.490 e. The van der Waals surface area contributed by atoms with Crippen LogP contribution in [-0.4, -0.2) is 59.0 Å². The van der Waals surface area contributed by atoms with E-state index in [2.05, 4.69) is 15.3 Å². The molecule has 1 amide bonds. The average molecular weight is 475 g/mol. The molecule has 0 bridgehead atoms. The molecular weight excluding hydrogens is 439 g/mol. The summed E-state index contributed by atoms with van der Waals surface area (Å²) in [6, 6.07) is 3.21. The molecule has 0 aliphatic carbocycles. The van der Waals surface area contributed by atoms with Crippen molar-refractivity contribution in [2.75, 3.05) is 25.0 Å². The van der Waals surface area contributed by atoms with E-state index in [9.17, 15) is 9.18 Å². The Morgan fingerprint density at radius 3 is 2.59 bits per heavy atom. The van der Waals surface area contributed by atoms with Gasteiger partial charge in [0.25, 0.3) is 0 Å². The number of hydrogen-bond donors (Lipinski definition) is 1. The molecule has 8 nitrogen and oxygen atoms in total. The van der Waals surface area contributed by atoms with Crippen molar-refractivity contribution in [3.63, 3.8) is 0 Å². The van der Waals surface area contributed by atoms with Gasteiger partial charge in [0.15, 0.2) is 0 Å². The molecule has 1 fully saturated rings. The summed E-state index contributed by atoms with van der Waals surface area (Å²) in [7, 11) is 0. The first-order chi connectivity index (χ1) is 16.2. The van der Waals surface area contributed by atoms with Gasteiger partial charge < -0.3 is 24.4 Å². The molecule has 0 aromatic carbocycles. The fourth-order valence-electron chi connectivity index (χ4n) is 3.61. The quantitative estimate of drug-likeness (QED) is 0.546. The maximum Gasteiger partial charge on any atom is 0.410 e. The molecule has 3 rings (SSSR count). The summed E-state index contributed by atoms with van der Waals surface area (Å²) in [4.78, 5) is 22.5. The van der Waals surface area contributed by atoms with Crippen molar-refractivity contribution in [3.05, 3.63) is 41.6 Å². The van der Waals surface area contributed by atoms with Crippen molar-refractivity contribution in [2.45, 2.75) is 72.2 Å². The molecule has 0 atom stereocenters. The van der Waals surface area contributed by atoms with Crippen molar-refractivity contribution >= 4 is 17.6 Å². The normalized spacial score (nSPS) is 14.5. The Morgan fingerprint density at radius 2 is 1.94 bits per heavy atom. The second-order valence-electron chi connectivity index (χ2n) is 8.97. The number of anilines is 2. The SMILES string of the molecule is Cc1c(OC2CCN(C(=O)OC(C)C)CC2)ccnc1Nc1cnc(CCOC(C)C)cc1F. The number of halogens is 1. The van der Waals surface area contributed by atoms with E-state index in [1.54, 1.807) is 17.2 Å². The van der Waals surface area contributed by atoms with Crippen LogP contribution in [0.15, 0.2) is 24.5 Å². The third kappa shape index (κ3) is 7.28. The smallest absolute Gasteiger partial charge is 0.410 e. The van der Waals surface area contributed by atoms with Crippen LogP contribution in [0.25, 0.3) is 0 Å². The van der Waals surface area contributed by atoms with Gasteiger partial charge in [0.05, 0.1) is 30.7 Å². The Balaban J connectivity index is 1.58. The highest BCUT2D eigenvalue weighted by Crippen LogP contribution is 2.29. The molecule has 1 aliphatic rings. The number of hydrogen-bond acceptors (Lipinski definition) is 7. The van der Waals surface area contributed by atoms with Crippen LogP contribution in [0.1, 0.15) is 51.8 Å². The Bertz CT molecular complexity index is 962. The molecule has 3 heterocycles. The summed E-state index contributed by atoms with van der Waals surface area (Å²) in [5, 5.41) is 3.03. The monoisotopic (exact) mass is 474 g/mol. The average Bonchev–Trinajstić information content (AvgIpc) is 2.78. The fourth-order valence-corrected chi connectivity index (χ4v) is 3.61. The number of amides is 1. The molecular formula is C25H35FN4O4. The summed E-state index contributed by atoms with van der Waals surface area (Å²) >= 11 is 0. The van der Waals surface area contributed by atoms with Crippen LogP contribution in [0.5, 0.6) is 5.75 Å². The predicted molar refractivity (Wildman–Crippen MR) is 128 cm³/mol. The Labute approximate surface area is 200 Å². The summed E-state index contributed by atoms with van der Waals surface area (Å²) in [5.41, 5.74) is 1.66. The van der Waals surface area contributed by atoms with Gasteiger partial charge in [0.2, 0.25) is 0 Å². The van der Waals surface area contributed by atoms with Gasteiger partial charge in [-0.3, -0.25) is 4.98 Å². The highest BCUT2D eigenvalue weighted by Gasteiger charge is 2.26. The second kappa shape index (κ2) is 12.0. The first-order valence-electron chi connectivity index (χ1n) is 11.8. The summed E-state index contributed by atoms with van der Waals surface area (Å²) in [6.45, 7) is 11.1. The van der Waals surface area contributed by atoms with Crippen molar-refractivity contribution in [3.8, 4) is 5.75 Å². The number of aromatic nitrogens is 2. The zero-order valence-electron chi connectivity index (χ0n) is 20.6. The van der Waals surface area contributed by atoms with Crippen LogP contribution >= 0.6 is 0 Å². The Kier molecular flexibility index (Phi) is 9.04. The van der Waals surface area contributed by atoms with Gasteiger partial charge in [-0.1, -0.05) is 0 Å². The van der Waals surface area contributed by atoms with Gasteiger partial charge in [-0.05, 0) is 46.8 Å². The van der Waals surface area contributed by atoms with E-state index in [4.69, 9.17) is 14.2 Å². The highest BCUT2D eigenvalue weighted by molar-refractivity contribution is 5.68. The number of carbonyl (C=O) groups is 1. The van der Waals surface area contributed by atoms with Gasteiger partial charge in [0.1, 0.15) is 23.5 Å². The minimum absolute atomic E-state index is 0.0252. The first-order valence-corrected chi connectivity index (χ1v) is 11.8. The minimum atomic E-state index is -0.400. The molecule has 0 spiro atoms.